The summed E-state index contributed by atoms with van der Waals surface area (Å²) in [6, 6.07) is 4.13. The zero-order valence-corrected chi connectivity index (χ0v) is 15.0. The van der Waals surface area contributed by atoms with Crippen molar-refractivity contribution >= 4 is 39.7 Å². The third-order valence-electron chi connectivity index (χ3n) is 3.68. The molecule has 1 saturated heterocycles. The number of aliphatic carboxylic acids is 1. The van der Waals surface area contributed by atoms with Gasteiger partial charge in [-0.15, -0.1) is 22.7 Å². The lowest BCUT2D eigenvalue weighted by molar-refractivity contribution is -0.192. The largest absolute Gasteiger partial charge is 0.490 e. The molecule has 0 aromatic carbocycles. The highest BCUT2D eigenvalue weighted by Crippen LogP contribution is 2.32. The Labute approximate surface area is 155 Å². The van der Waals surface area contributed by atoms with Gasteiger partial charge in [0.05, 0.1) is 10.6 Å². The third kappa shape index (κ3) is 5.43. The number of carbonyl (C=O) groups is 2. The summed E-state index contributed by atoms with van der Waals surface area (Å²) in [6.45, 7) is 1.73. The smallest absolute Gasteiger partial charge is 0.475 e. The molecule has 3 rings (SSSR count). The molecule has 11 heteroatoms. The maximum absolute atomic E-state index is 11.1. The second-order valence-electron chi connectivity index (χ2n) is 5.46. The van der Waals surface area contributed by atoms with Crippen LogP contribution in [0.3, 0.4) is 0 Å². The molecule has 2 aromatic rings. The fourth-order valence-electron chi connectivity index (χ4n) is 2.30. The van der Waals surface area contributed by atoms with Gasteiger partial charge < -0.3 is 15.7 Å². The van der Waals surface area contributed by atoms with Crippen molar-refractivity contribution in [3.05, 3.63) is 22.9 Å². The van der Waals surface area contributed by atoms with Gasteiger partial charge in [0.25, 0.3) is 0 Å². The van der Waals surface area contributed by atoms with E-state index in [1.54, 1.807) is 22.7 Å². The van der Waals surface area contributed by atoms with Crippen molar-refractivity contribution in [3.8, 4) is 10.6 Å². The molecule has 3 heterocycles. The van der Waals surface area contributed by atoms with Gasteiger partial charge in [-0.25, -0.2) is 9.78 Å². The molecule has 0 bridgehead atoms. The van der Waals surface area contributed by atoms with Crippen LogP contribution in [0.4, 0.5) is 18.3 Å². The highest BCUT2D eigenvalue weighted by molar-refractivity contribution is 7.16. The zero-order valence-electron chi connectivity index (χ0n) is 13.4. The second kappa shape index (κ2) is 8.49. The number of aromatic nitrogens is 1. The summed E-state index contributed by atoms with van der Waals surface area (Å²) in [7, 11) is 0. The van der Waals surface area contributed by atoms with Crippen LogP contribution in [0.15, 0.2) is 22.9 Å². The van der Waals surface area contributed by atoms with Crippen LogP contribution in [0.25, 0.3) is 10.6 Å². The van der Waals surface area contributed by atoms with Crippen LogP contribution in [-0.2, 0) is 9.59 Å². The van der Waals surface area contributed by atoms with E-state index in [1.807, 2.05) is 6.07 Å². The molecule has 0 aliphatic carbocycles. The number of nitrogens with zero attached hydrogens (tertiary/aromatic N) is 2. The molecule has 26 heavy (non-hydrogen) atoms. The Morgan fingerprint density at radius 1 is 1.27 bits per heavy atom. The maximum Gasteiger partial charge on any atom is 0.490 e. The minimum atomic E-state index is -5.08. The van der Waals surface area contributed by atoms with Crippen molar-refractivity contribution in [1.29, 1.82) is 0 Å². The summed E-state index contributed by atoms with van der Waals surface area (Å²) in [5.74, 6) is -2.89. The standard InChI is InChI=1S/C13H15N3OS2.C2HF3O2/c14-12(17)9-3-5-16(6-4-9)13-15-10(8-19-13)11-2-1-7-18-11;3-2(4,5)1(6)7/h1-2,7-9H,3-6H2,(H2,14,17);(H,6,7). The summed E-state index contributed by atoms with van der Waals surface area (Å²) >= 11 is 3.37. The minimum Gasteiger partial charge on any atom is -0.475 e. The van der Waals surface area contributed by atoms with Gasteiger partial charge in [-0.05, 0) is 24.3 Å². The fourth-order valence-corrected chi connectivity index (χ4v) is 3.94. The van der Waals surface area contributed by atoms with Gasteiger partial charge in [-0.3, -0.25) is 4.79 Å². The Morgan fingerprint density at radius 3 is 2.35 bits per heavy atom. The Hall–Kier alpha value is -2.14. The molecule has 0 spiro atoms. The van der Waals surface area contributed by atoms with Crippen LogP contribution >= 0.6 is 22.7 Å². The van der Waals surface area contributed by atoms with E-state index in [0.29, 0.717) is 0 Å². The molecule has 0 unspecified atom stereocenters. The molecular formula is C15H16F3N3O3S2. The van der Waals surface area contributed by atoms with Gasteiger partial charge in [0.1, 0.15) is 0 Å². The van der Waals surface area contributed by atoms with E-state index in [-0.39, 0.29) is 11.8 Å². The van der Waals surface area contributed by atoms with E-state index in [2.05, 4.69) is 26.7 Å². The SMILES string of the molecule is NC(=O)C1CCN(c2nc(-c3cccs3)cs2)CC1.O=C(O)C(F)(F)F. The Bertz CT molecular complexity index is 739. The topological polar surface area (TPSA) is 96.5 Å². The van der Waals surface area contributed by atoms with E-state index < -0.39 is 12.1 Å². The number of amides is 1. The number of nitrogens with two attached hydrogens (primary N) is 1. The van der Waals surface area contributed by atoms with Crippen molar-refractivity contribution in [2.75, 3.05) is 18.0 Å². The highest BCUT2D eigenvalue weighted by atomic mass is 32.1. The van der Waals surface area contributed by atoms with Crippen LogP contribution in [0.1, 0.15) is 12.8 Å². The van der Waals surface area contributed by atoms with Crippen molar-refractivity contribution < 1.29 is 27.9 Å². The first kappa shape index (κ1) is 20.2. The van der Waals surface area contributed by atoms with Crippen LogP contribution in [0.5, 0.6) is 0 Å². The van der Waals surface area contributed by atoms with Gasteiger partial charge >= 0.3 is 12.1 Å². The predicted octanol–water partition coefficient (Wildman–Crippen LogP) is 3.21. The second-order valence-corrected chi connectivity index (χ2v) is 7.24. The zero-order chi connectivity index (χ0) is 19.3. The molecule has 0 atom stereocenters. The molecule has 6 nitrogen and oxygen atoms in total. The fraction of sp³-hybridized carbons (Fsp3) is 0.400. The quantitative estimate of drug-likeness (QED) is 0.815. The molecule has 1 fully saturated rings. The van der Waals surface area contributed by atoms with Gasteiger partial charge in [0.15, 0.2) is 5.13 Å². The number of carboxylic acid groups (broad SMARTS) is 1. The van der Waals surface area contributed by atoms with E-state index >= 15 is 0 Å². The van der Waals surface area contributed by atoms with Crippen molar-refractivity contribution in [2.24, 2.45) is 11.7 Å². The number of hydrogen-bond donors (Lipinski definition) is 2. The van der Waals surface area contributed by atoms with Crippen LogP contribution < -0.4 is 10.6 Å². The van der Waals surface area contributed by atoms with Gasteiger partial charge in [0, 0.05) is 24.4 Å². The number of primary amides is 1. The molecule has 1 amide bonds. The summed E-state index contributed by atoms with van der Waals surface area (Å²) in [5, 5.41) is 12.3. The number of anilines is 1. The lowest BCUT2D eigenvalue weighted by atomic mass is 9.97. The monoisotopic (exact) mass is 407 g/mol. The molecule has 2 aromatic heterocycles. The molecule has 0 saturated carbocycles. The maximum atomic E-state index is 11.1. The van der Waals surface area contributed by atoms with Crippen molar-refractivity contribution in [3.63, 3.8) is 0 Å². The summed E-state index contributed by atoms with van der Waals surface area (Å²) in [5.41, 5.74) is 6.40. The number of thiazole rings is 1. The first-order valence-corrected chi connectivity index (χ1v) is 9.28. The Morgan fingerprint density at radius 2 is 1.88 bits per heavy atom. The number of hydrogen-bond acceptors (Lipinski definition) is 6. The predicted molar refractivity (Wildman–Crippen MR) is 93.2 cm³/mol. The molecule has 142 valence electrons. The molecule has 3 N–H and O–H groups in total. The van der Waals surface area contributed by atoms with Gasteiger partial charge in [0.2, 0.25) is 5.91 Å². The Balaban J connectivity index is 0.000000298. The van der Waals surface area contributed by atoms with E-state index in [0.717, 1.165) is 36.8 Å². The Kier molecular flexibility index (Phi) is 6.59. The number of piperidine rings is 1. The van der Waals surface area contributed by atoms with Crippen molar-refractivity contribution in [1.82, 2.24) is 4.98 Å². The third-order valence-corrected chi connectivity index (χ3v) is 5.47. The van der Waals surface area contributed by atoms with Gasteiger partial charge in [-0.2, -0.15) is 13.2 Å². The van der Waals surface area contributed by atoms with Gasteiger partial charge in [-0.1, -0.05) is 6.07 Å². The minimum absolute atomic E-state index is 0.0352. The van der Waals surface area contributed by atoms with Crippen LogP contribution in [-0.4, -0.2) is 41.2 Å². The summed E-state index contributed by atoms with van der Waals surface area (Å²) < 4.78 is 31.7. The van der Waals surface area contributed by atoms with Crippen LogP contribution in [0, 0.1) is 5.92 Å². The summed E-state index contributed by atoms with van der Waals surface area (Å²) in [4.78, 5) is 28.2. The van der Waals surface area contributed by atoms with E-state index in [1.165, 1.54) is 4.88 Å². The molecule has 0 radical (unpaired) electrons. The normalized spacial score (nSPS) is 15.3. The number of rotatable bonds is 3. The molecule has 1 aliphatic heterocycles. The lowest BCUT2D eigenvalue weighted by Gasteiger charge is -2.30. The number of thiophene rings is 1. The summed E-state index contributed by atoms with van der Waals surface area (Å²) in [6.07, 6.45) is -3.41. The number of halogens is 3. The van der Waals surface area contributed by atoms with E-state index in [4.69, 9.17) is 15.6 Å². The average molecular weight is 407 g/mol. The van der Waals surface area contributed by atoms with Crippen LogP contribution in [0.2, 0.25) is 0 Å². The van der Waals surface area contributed by atoms with Crippen molar-refractivity contribution in [2.45, 2.75) is 19.0 Å². The molecule has 1 aliphatic rings. The number of carbonyl (C=O) groups excluding carboxylic acids is 1. The van der Waals surface area contributed by atoms with E-state index in [9.17, 15) is 18.0 Å². The number of carboxylic acids is 1. The molecular weight excluding hydrogens is 391 g/mol. The highest BCUT2D eigenvalue weighted by Gasteiger charge is 2.38. The first-order chi connectivity index (χ1) is 12.2. The average Bonchev–Trinajstić information content (AvgIpc) is 3.26. The number of alkyl halides is 3. The lowest BCUT2D eigenvalue weighted by Crippen LogP contribution is -2.38. The first-order valence-electron chi connectivity index (χ1n) is 7.52.